The number of anilines is 1. The Labute approximate surface area is 141 Å². The molecule has 120 valence electrons. The molecule has 7 nitrogen and oxygen atoms in total. The number of rotatable bonds is 3. The summed E-state index contributed by atoms with van der Waals surface area (Å²) in [4.78, 5) is 32.9. The van der Waals surface area contributed by atoms with Crippen molar-refractivity contribution < 1.29 is 4.79 Å². The van der Waals surface area contributed by atoms with E-state index in [0.717, 1.165) is 11.4 Å². The molecule has 0 unspecified atom stereocenters. The Kier molecular flexibility index (Phi) is 3.66. The van der Waals surface area contributed by atoms with Gasteiger partial charge in [-0.2, -0.15) is 0 Å². The lowest BCUT2D eigenvalue weighted by Crippen LogP contribution is -2.29. The molecule has 8 heteroatoms. The minimum absolute atomic E-state index is 0.0555. The van der Waals surface area contributed by atoms with Crippen molar-refractivity contribution in [1.29, 1.82) is 0 Å². The highest BCUT2D eigenvalue weighted by Crippen LogP contribution is 2.20. The molecule has 1 aliphatic heterocycles. The zero-order chi connectivity index (χ0) is 16.5. The zero-order valence-electron chi connectivity index (χ0n) is 12.5. The number of nitrogens with zero attached hydrogens (tertiary/aromatic N) is 4. The molecule has 2 aromatic heterocycles. The van der Waals surface area contributed by atoms with Gasteiger partial charge < -0.3 is 9.88 Å². The highest BCUT2D eigenvalue weighted by atomic mass is 32.2. The minimum Gasteiger partial charge on any atom is -0.322 e. The number of carbonyl (C=O) groups excluding carboxylic acids is 1. The second-order valence-electron chi connectivity index (χ2n) is 5.23. The molecule has 0 spiro atoms. The summed E-state index contributed by atoms with van der Waals surface area (Å²) in [6.45, 7) is 0.590. The molecule has 3 aromatic rings. The van der Waals surface area contributed by atoms with Gasteiger partial charge in [-0.15, -0.1) is 0 Å². The maximum atomic E-state index is 12.4. The highest BCUT2D eigenvalue weighted by Gasteiger charge is 2.20. The number of hydrogen-bond acceptors (Lipinski definition) is 5. The summed E-state index contributed by atoms with van der Waals surface area (Å²) in [5.74, 6) is 0.360. The first-order valence-corrected chi connectivity index (χ1v) is 8.33. The summed E-state index contributed by atoms with van der Waals surface area (Å²) < 4.78 is 3.40. The number of benzene rings is 1. The third kappa shape index (κ3) is 2.61. The van der Waals surface area contributed by atoms with Gasteiger partial charge >= 0.3 is 0 Å². The average molecular weight is 339 g/mol. The summed E-state index contributed by atoms with van der Waals surface area (Å²) in [6, 6.07) is 7.28. The van der Waals surface area contributed by atoms with Crippen LogP contribution in [-0.2, 0) is 6.54 Å². The maximum Gasteiger partial charge on any atom is 0.267 e. The number of imidazole rings is 1. The fraction of sp³-hybridized carbons (Fsp3) is 0.125. The van der Waals surface area contributed by atoms with Crippen LogP contribution in [0.4, 0.5) is 5.69 Å². The minimum atomic E-state index is -0.449. The molecule has 0 saturated heterocycles. The highest BCUT2D eigenvalue weighted by molar-refractivity contribution is 7.99. The van der Waals surface area contributed by atoms with Gasteiger partial charge in [-0.05, 0) is 24.3 Å². The SMILES string of the molecule is O=C(Nc1ccc(-n2ccnc2)cc1)c1cnc2n(c1=O)CCS2. The number of fused-ring (bicyclic) bond motifs is 1. The van der Waals surface area contributed by atoms with Crippen LogP contribution in [0.5, 0.6) is 0 Å². The first-order chi connectivity index (χ1) is 11.7. The molecule has 1 aliphatic rings. The van der Waals surface area contributed by atoms with Gasteiger partial charge in [-0.3, -0.25) is 14.2 Å². The lowest BCUT2D eigenvalue weighted by molar-refractivity contribution is 0.102. The van der Waals surface area contributed by atoms with Crippen LogP contribution in [0.15, 0.2) is 59.1 Å². The van der Waals surface area contributed by atoms with Crippen LogP contribution >= 0.6 is 11.8 Å². The summed E-state index contributed by atoms with van der Waals surface area (Å²) in [6.07, 6.45) is 6.58. The maximum absolute atomic E-state index is 12.4. The molecule has 0 bridgehead atoms. The van der Waals surface area contributed by atoms with Crippen molar-refractivity contribution >= 4 is 23.4 Å². The molecular formula is C16H13N5O2S. The third-order valence-electron chi connectivity index (χ3n) is 3.73. The smallest absolute Gasteiger partial charge is 0.267 e. The molecule has 3 heterocycles. The number of thioether (sulfide) groups is 1. The predicted molar refractivity (Wildman–Crippen MR) is 90.7 cm³/mol. The van der Waals surface area contributed by atoms with E-state index in [2.05, 4.69) is 15.3 Å². The second kappa shape index (κ2) is 5.97. The summed E-state index contributed by atoms with van der Waals surface area (Å²) >= 11 is 1.52. The monoisotopic (exact) mass is 339 g/mol. The molecule has 0 radical (unpaired) electrons. The van der Waals surface area contributed by atoms with Crippen LogP contribution in [-0.4, -0.2) is 30.8 Å². The van der Waals surface area contributed by atoms with Gasteiger partial charge in [0.2, 0.25) is 0 Å². The number of carbonyl (C=O) groups is 1. The van der Waals surface area contributed by atoms with E-state index in [4.69, 9.17) is 0 Å². The van der Waals surface area contributed by atoms with Crippen LogP contribution in [0, 0.1) is 0 Å². The first kappa shape index (κ1) is 14.7. The predicted octanol–water partition coefficient (Wildman–Crippen LogP) is 1.79. The molecule has 0 aliphatic carbocycles. The van der Waals surface area contributed by atoms with E-state index in [9.17, 15) is 9.59 Å². The first-order valence-electron chi connectivity index (χ1n) is 7.35. The quantitative estimate of drug-likeness (QED) is 0.736. The van der Waals surface area contributed by atoms with E-state index in [1.165, 1.54) is 18.0 Å². The van der Waals surface area contributed by atoms with Gasteiger partial charge in [0, 0.05) is 42.3 Å². The number of hydrogen-bond donors (Lipinski definition) is 1. The van der Waals surface area contributed by atoms with Crippen LogP contribution in [0.25, 0.3) is 5.69 Å². The normalized spacial score (nSPS) is 12.8. The second-order valence-corrected chi connectivity index (χ2v) is 6.29. The van der Waals surface area contributed by atoms with E-state index in [1.807, 2.05) is 22.9 Å². The molecule has 1 N–H and O–H groups in total. The van der Waals surface area contributed by atoms with Crippen molar-refractivity contribution in [3.63, 3.8) is 0 Å². The van der Waals surface area contributed by atoms with Crippen molar-refractivity contribution in [1.82, 2.24) is 19.1 Å². The molecular weight excluding hydrogens is 326 g/mol. The Morgan fingerprint density at radius 2 is 2.08 bits per heavy atom. The van der Waals surface area contributed by atoms with Gasteiger partial charge in [0.1, 0.15) is 5.56 Å². The Morgan fingerprint density at radius 3 is 2.83 bits per heavy atom. The fourth-order valence-electron chi connectivity index (χ4n) is 2.50. The summed E-state index contributed by atoms with van der Waals surface area (Å²) in [5.41, 5.74) is 1.31. The lowest BCUT2D eigenvalue weighted by Gasteiger charge is -2.08. The van der Waals surface area contributed by atoms with Crippen molar-refractivity contribution in [2.45, 2.75) is 11.7 Å². The molecule has 4 rings (SSSR count). The van der Waals surface area contributed by atoms with Gasteiger partial charge in [0.15, 0.2) is 5.16 Å². The van der Waals surface area contributed by atoms with Gasteiger partial charge in [-0.25, -0.2) is 9.97 Å². The molecule has 0 atom stereocenters. The Morgan fingerprint density at radius 1 is 1.25 bits per heavy atom. The number of nitrogens with one attached hydrogen (secondary N) is 1. The molecule has 1 amide bonds. The van der Waals surface area contributed by atoms with E-state index in [0.29, 0.717) is 17.4 Å². The summed E-state index contributed by atoms with van der Waals surface area (Å²) in [7, 11) is 0. The van der Waals surface area contributed by atoms with Crippen LogP contribution in [0.2, 0.25) is 0 Å². The number of aromatic nitrogens is 4. The molecule has 24 heavy (non-hydrogen) atoms. The van der Waals surface area contributed by atoms with E-state index < -0.39 is 5.91 Å². The zero-order valence-corrected chi connectivity index (χ0v) is 13.4. The van der Waals surface area contributed by atoms with Crippen LogP contribution in [0.1, 0.15) is 10.4 Å². The van der Waals surface area contributed by atoms with E-state index in [-0.39, 0.29) is 11.1 Å². The largest absolute Gasteiger partial charge is 0.322 e. The van der Waals surface area contributed by atoms with Gasteiger partial charge in [0.05, 0.1) is 6.33 Å². The summed E-state index contributed by atoms with van der Waals surface area (Å²) in [5, 5.41) is 3.41. The fourth-order valence-corrected chi connectivity index (χ4v) is 3.41. The Bertz CT molecular complexity index is 948. The van der Waals surface area contributed by atoms with E-state index in [1.54, 1.807) is 29.2 Å². The molecule has 0 saturated carbocycles. The topological polar surface area (TPSA) is 81.8 Å². The Hall–Kier alpha value is -2.87. The molecule has 0 fully saturated rings. The van der Waals surface area contributed by atoms with Crippen molar-refractivity contribution in [3.05, 3.63) is 65.1 Å². The lowest BCUT2D eigenvalue weighted by atomic mass is 10.2. The van der Waals surface area contributed by atoms with Crippen molar-refractivity contribution in [2.24, 2.45) is 0 Å². The van der Waals surface area contributed by atoms with E-state index >= 15 is 0 Å². The standard InChI is InChI=1S/C16H13N5O2S/c22-14(13-9-18-16-21(15(13)23)7-8-24-16)19-11-1-3-12(4-2-11)20-6-5-17-10-20/h1-6,9-10H,7-8H2,(H,19,22). The molecule has 1 aromatic carbocycles. The van der Waals surface area contributed by atoms with Crippen LogP contribution < -0.4 is 10.9 Å². The van der Waals surface area contributed by atoms with Gasteiger partial charge in [0.25, 0.3) is 11.5 Å². The van der Waals surface area contributed by atoms with Gasteiger partial charge in [-0.1, -0.05) is 11.8 Å². The Balaban J connectivity index is 1.55. The van der Waals surface area contributed by atoms with Crippen molar-refractivity contribution in [3.8, 4) is 5.69 Å². The number of amides is 1. The van der Waals surface area contributed by atoms with Crippen molar-refractivity contribution in [2.75, 3.05) is 11.1 Å². The van der Waals surface area contributed by atoms with Crippen LogP contribution in [0.3, 0.4) is 0 Å². The average Bonchev–Trinajstić information content (AvgIpc) is 3.27. The third-order valence-corrected chi connectivity index (χ3v) is 4.70.